The summed E-state index contributed by atoms with van der Waals surface area (Å²) in [4.78, 5) is 29.9. The quantitative estimate of drug-likeness (QED) is 0.902. The number of piperidine rings is 1. The zero-order valence-corrected chi connectivity index (χ0v) is 14.6. The van der Waals surface area contributed by atoms with Crippen LogP contribution in [0.25, 0.3) is 10.2 Å². The number of aromatic nitrogens is 1. The Morgan fingerprint density at radius 3 is 2.88 bits per heavy atom. The van der Waals surface area contributed by atoms with Gasteiger partial charge in [0.1, 0.15) is 0 Å². The van der Waals surface area contributed by atoms with Crippen LogP contribution in [0.3, 0.4) is 0 Å². The third kappa shape index (κ3) is 3.75. The van der Waals surface area contributed by atoms with Gasteiger partial charge in [-0.25, -0.2) is 4.98 Å². The van der Waals surface area contributed by atoms with Crippen molar-refractivity contribution in [3.8, 4) is 0 Å². The van der Waals surface area contributed by atoms with Gasteiger partial charge in [-0.15, -0.1) is 11.3 Å². The topological polar surface area (TPSA) is 70.5 Å². The SMILES string of the molecule is CC1CN(C(=O)CCCc2nc3ccccc3s2)CCC1C(=O)O. The Labute approximate surface area is 145 Å². The number of rotatable bonds is 5. The lowest BCUT2D eigenvalue weighted by atomic mass is 9.87. The molecule has 1 amide bonds. The van der Waals surface area contributed by atoms with Gasteiger partial charge in [0.2, 0.25) is 5.91 Å². The molecule has 1 saturated heterocycles. The molecule has 2 heterocycles. The van der Waals surface area contributed by atoms with E-state index in [0.29, 0.717) is 25.9 Å². The first-order chi connectivity index (χ1) is 11.5. The highest BCUT2D eigenvalue weighted by molar-refractivity contribution is 7.18. The van der Waals surface area contributed by atoms with Crippen LogP contribution in [-0.2, 0) is 16.0 Å². The molecule has 2 atom stereocenters. The van der Waals surface area contributed by atoms with Crippen molar-refractivity contribution in [2.45, 2.75) is 32.6 Å². The van der Waals surface area contributed by atoms with E-state index in [2.05, 4.69) is 11.1 Å². The van der Waals surface area contributed by atoms with Crippen molar-refractivity contribution in [2.75, 3.05) is 13.1 Å². The van der Waals surface area contributed by atoms with Gasteiger partial charge in [0.15, 0.2) is 0 Å². The van der Waals surface area contributed by atoms with Crippen molar-refractivity contribution in [3.05, 3.63) is 29.3 Å². The molecule has 1 aliphatic heterocycles. The molecule has 3 rings (SSSR count). The minimum atomic E-state index is -0.745. The van der Waals surface area contributed by atoms with Crippen molar-refractivity contribution in [2.24, 2.45) is 11.8 Å². The van der Waals surface area contributed by atoms with Crippen LogP contribution >= 0.6 is 11.3 Å². The first-order valence-corrected chi connectivity index (χ1v) is 9.21. The van der Waals surface area contributed by atoms with Gasteiger partial charge < -0.3 is 10.0 Å². The Morgan fingerprint density at radius 2 is 2.17 bits per heavy atom. The second-order valence-electron chi connectivity index (χ2n) is 6.48. The number of aryl methyl sites for hydroxylation is 1. The lowest BCUT2D eigenvalue weighted by molar-refractivity contribution is -0.148. The van der Waals surface area contributed by atoms with Crippen molar-refractivity contribution in [3.63, 3.8) is 0 Å². The molecular formula is C18H22N2O3S. The number of benzene rings is 1. The first kappa shape index (κ1) is 16.9. The fourth-order valence-electron chi connectivity index (χ4n) is 3.31. The summed E-state index contributed by atoms with van der Waals surface area (Å²) in [5.41, 5.74) is 1.02. The number of hydrogen-bond donors (Lipinski definition) is 1. The zero-order chi connectivity index (χ0) is 17.1. The molecule has 6 heteroatoms. The van der Waals surface area contributed by atoms with Crippen molar-refractivity contribution < 1.29 is 14.7 Å². The maximum atomic E-state index is 12.3. The zero-order valence-electron chi connectivity index (χ0n) is 13.8. The molecular weight excluding hydrogens is 324 g/mol. The highest BCUT2D eigenvalue weighted by Gasteiger charge is 2.32. The number of carbonyl (C=O) groups is 2. The number of carboxylic acid groups (broad SMARTS) is 1. The number of para-hydroxylation sites is 1. The average molecular weight is 346 g/mol. The minimum Gasteiger partial charge on any atom is -0.481 e. The third-order valence-corrected chi connectivity index (χ3v) is 5.79. The van der Waals surface area contributed by atoms with Gasteiger partial charge in [-0.1, -0.05) is 19.1 Å². The molecule has 1 aliphatic rings. The number of nitrogens with zero attached hydrogens (tertiary/aromatic N) is 2. The second-order valence-corrected chi connectivity index (χ2v) is 7.59. The summed E-state index contributed by atoms with van der Waals surface area (Å²) in [6, 6.07) is 8.07. The Bertz CT molecular complexity index is 710. The van der Waals surface area contributed by atoms with Crippen LogP contribution in [0, 0.1) is 11.8 Å². The fourth-order valence-corrected chi connectivity index (χ4v) is 4.32. The van der Waals surface area contributed by atoms with Gasteiger partial charge in [0.05, 0.1) is 21.1 Å². The molecule has 0 bridgehead atoms. The molecule has 24 heavy (non-hydrogen) atoms. The minimum absolute atomic E-state index is 0.0180. The number of carboxylic acids is 1. The summed E-state index contributed by atoms with van der Waals surface area (Å²) >= 11 is 1.69. The van der Waals surface area contributed by atoms with E-state index in [4.69, 9.17) is 5.11 Å². The highest BCUT2D eigenvalue weighted by atomic mass is 32.1. The molecule has 5 nitrogen and oxygen atoms in total. The van der Waals surface area contributed by atoms with Crippen LogP contribution < -0.4 is 0 Å². The van der Waals surface area contributed by atoms with E-state index in [1.807, 2.05) is 30.0 Å². The number of amides is 1. The third-order valence-electron chi connectivity index (χ3n) is 4.69. The molecule has 2 aromatic rings. The largest absolute Gasteiger partial charge is 0.481 e. The highest BCUT2D eigenvalue weighted by Crippen LogP contribution is 2.25. The number of hydrogen-bond acceptors (Lipinski definition) is 4. The van der Waals surface area contributed by atoms with Gasteiger partial charge in [-0.2, -0.15) is 0 Å². The number of aliphatic carboxylic acids is 1. The monoisotopic (exact) mass is 346 g/mol. The molecule has 1 fully saturated rings. The molecule has 0 aliphatic carbocycles. The lowest BCUT2D eigenvalue weighted by Gasteiger charge is -2.35. The van der Waals surface area contributed by atoms with Crippen LogP contribution in [0.15, 0.2) is 24.3 Å². The summed E-state index contributed by atoms with van der Waals surface area (Å²) in [6.07, 6.45) is 2.65. The smallest absolute Gasteiger partial charge is 0.306 e. The van der Waals surface area contributed by atoms with Crippen LogP contribution in [-0.4, -0.2) is 40.0 Å². The first-order valence-electron chi connectivity index (χ1n) is 8.39. The Kier molecular flexibility index (Phi) is 5.14. The summed E-state index contributed by atoms with van der Waals surface area (Å²) in [6.45, 7) is 3.03. The van der Waals surface area contributed by atoms with Crippen molar-refractivity contribution in [1.29, 1.82) is 0 Å². The van der Waals surface area contributed by atoms with E-state index >= 15 is 0 Å². The molecule has 1 aromatic heterocycles. The number of carbonyl (C=O) groups excluding carboxylic acids is 1. The number of thiazole rings is 1. The van der Waals surface area contributed by atoms with Crippen LogP contribution in [0.1, 0.15) is 31.2 Å². The van der Waals surface area contributed by atoms with E-state index in [0.717, 1.165) is 23.4 Å². The van der Waals surface area contributed by atoms with Gasteiger partial charge in [-0.3, -0.25) is 9.59 Å². The summed E-state index contributed by atoms with van der Waals surface area (Å²) < 4.78 is 1.18. The molecule has 0 radical (unpaired) electrons. The number of likely N-dealkylation sites (tertiary alicyclic amines) is 1. The normalized spacial score (nSPS) is 21.1. The molecule has 2 unspecified atom stereocenters. The summed E-state index contributed by atoms with van der Waals surface area (Å²) in [7, 11) is 0. The Morgan fingerprint density at radius 1 is 1.38 bits per heavy atom. The predicted molar refractivity (Wildman–Crippen MR) is 94.0 cm³/mol. The van der Waals surface area contributed by atoms with Crippen LogP contribution in [0.2, 0.25) is 0 Å². The fraction of sp³-hybridized carbons (Fsp3) is 0.500. The van der Waals surface area contributed by atoms with Gasteiger partial charge in [-0.05, 0) is 37.3 Å². The van der Waals surface area contributed by atoms with E-state index in [-0.39, 0.29) is 17.7 Å². The van der Waals surface area contributed by atoms with E-state index in [1.54, 1.807) is 11.3 Å². The molecule has 128 valence electrons. The second kappa shape index (κ2) is 7.30. The van der Waals surface area contributed by atoms with Crippen molar-refractivity contribution in [1.82, 2.24) is 9.88 Å². The van der Waals surface area contributed by atoms with Gasteiger partial charge in [0, 0.05) is 19.5 Å². The predicted octanol–water partition coefficient (Wildman–Crippen LogP) is 3.19. The van der Waals surface area contributed by atoms with Crippen molar-refractivity contribution >= 4 is 33.4 Å². The summed E-state index contributed by atoms with van der Waals surface area (Å²) in [5.74, 6) is -0.918. The average Bonchev–Trinajstić information content (AvgIpc) is 2.97. The molecule has 0 spiro atoms. The van der Waals surface area contributed by atoms with Gasteiger partial charge in [0.25, 0.3) is 0 Å². The molecule has 0 saturated carbocycles. The maximum Gasteiger partial charge on any atom is 0.306 e. The van der Waals surface area contributed by atoms with E-state index in [1.165, 1.54) is 4.70 Å². The van der Waals surface area contributed by atoms with E-state index < -0.39 is 5.97 Å². The van der Waals surface area contributed by atoms with E-state index in [9.17, 15) is 9.59 Å². The van der Waals surface area contributed by atoms with Crippen LogP contribution in [0.4, 0.5) is 0 Å². The van der Waals surface area contributed by atoms with Gasteiger partial charge >= 0.3 is 5.97 Å². The Hall–Kier alpha value is -1.95. The summed E-state index contributed by atoms with van der Waals surface area (Å²) in [5, 5.41) is 10.2. The Balaban J connectivity index is 1.48. The standard InChI is InChI=1S/C18H22N2O3S/c1-12-11-20(10-9-13(12)18(22)23)17(21)8-4-7-16-19-14-5-2-3-6-15(14)24-16/h2-3,5-6,12-13H,4,7-11H2,1H3,(H,22,23). The molecule has 1 aromatic carbocycles. The molecule has 1 N–H and O–H groups in total. The number of fused-ring (bicyclic) bond motifs is 1. The lowest BCUT2D eigenvalue weighted by Crippen LogP contribution is -2.44. The maximum absolute atomic E-state index is 12.3. The van der Waals surface area contributed by atoms with Crippen LogP contribution in [0.5, 0.6) is 0 Å².